The van der Waals surface area contributed by atoms with Crippen molar-refractivity contribution in [2.24, 2.45) is 0 Å². The predicted molar refractivity (Wildman–Crippen MR) is 122 cm³/mol. The average Bonchev–Trinajstić information content (AvgIpc) is 3.18. The van der Waals surface area contributed by atoms with E-state index in [1.165, 1.54) is 6.07 Å². The minimum Gasteiger partial charge on any atom is -0.508 e. The molecule has 1 heterocycles. The minimum absolute atomic E-state index is 0.00554. The lowest BCUT2D eigenvalue weighted by Gasteiger charge is -2.26. The molecule has 1 atom stereocenters. The van der Waals surface area contributed by atoms with Gasteiger partial charge in [0, 0.05) is 29.2 Å². The SMILES string of the molecule is CC(O)(CCCc1cccc(Cl)c1)c1cc(C(=O)N2Cc3ccccc3C2)ccc1O. The number of halogens is 1. The summed E-state index contributed by atoms with van der Waals surface area (Å²) in [4.78, 5) is 14.9. The van der Waals surface area contributed by atoms with E-state index in [-0.39, 0.29) is 11.7 Å². The third-order valence-corrected chi connectivity index (χ3v) is 6.20. The van der Waals surface area contributed by atoms with Crippen molar-refractivity contribution in [2.75, 3.05) is 0 Å². The average molecular weight is 436 g/mol. The summed E-state index contributed by atoms with van der Waals surface area (Å²) >= 11 is 6.04. The molecule has 0 spiro atoms. The topological polar surface area (TPSA) is 60.8 Å². The number of carbonyl (C=O) groups excluding carboxylic acids is 1. The fourth-order valence-electron chi connectivity index (χ4n) is 4.22. The van der Waals surface area contributed by atoms with Crippen LogP contribution in [-0.4, -0.2) is 21.0 Å². The highest BCUT2D eigenvalue weighted by atomic mass is 35.5. The van der Waals surface area contributed by atoms with Crippen molar-refractivity contribution in [1.82, 2.24) is 4.90 Å². The zero-order chi connectivity index (χ0) is 22.0. The molecule has 2 N–H and O–H groups in total. The summed E-state index contributed by atoms with van der Waals surface area (Å²) in [5, 5.41) is 22.2. The molecule has 0 fully saturated rings. The molecule has 1 aliphatic heterocycles. The van der Waals surface area contributed by atoms with Crippen molar-refractivity contribution in [3.63, 3.8) is 0 Å². The molecule has 1 amide bonds. The van der Waals surface area contributed by atoms with Crippen LogP contribution in [0.15, 0.2) is 66.7 Å². The van der Waals surface area contributed by atoms with E-state index in [0.717, 1.165) is 23.1 Å². The maximum Gasteiger partial charge on any atom is 0.254 e. The summed E-state index contributed by atoms with van der Waals surface area (Å²) in [6.07, 6.45) is 1.92. The fourth-order valence-corrected chi connectivity index (χ4v) is 4.44. The summed E-state index contributed by atoms with van der Waals surface area (Å²) in [5.74, 6) is -0.110. The normalized spacial score (nSPS) is 14.9. The zero-order valence-electron chi connectivity index (χ0n) is 17.5. The van der Waals surface area contributed by atoms with E-state index in [1.807, 2.05) is 48.5 Å². The summed E-state index contributed by atoms with van der Waals surface area (Å²) in [6.45, 7) is 2.82. The van der Waals surface area contributed by atoms with E-state index in [0.29, 0.717) is 42.1 Å². The Bertz CT molecular complexity index is 1080. The molecule has 0 saturated carbocycles. The van der Waals surface area contributed by atoms with Crippen LogP contribution in [-0.2, 0) is 25.1 Å². The van der Waals surface area contributed by atoms with Crippen LogP contribution in [0.3, 0.4) is 0 Å². The van der Waals surface area contributed by atoms with E-state index in [2.05, 4.69) is 0 Å². The Labute approximate surface area is 187 Å². The number of benzene rings is 3. The molecule has 0 aromatic heterocycles. The summed E-state index contributed by atoms with van der Waals surface area (Å²) in [6, 6.07) is 20.4. The van der Waals surface area contributed by atoms with Gasteiger partial charge in [-0.05, 0) is 73.2 Å². The molecule has 4 rings (SSSR count). The number of aliphatic hydroxyl groups is 1. The van der Waals surface area contributed by atoms with Crippen molar-refractivity contribution in [3.05, 3.63) is 99.6 Å². The van der Waals surface area contributed by atoms with Crippen LogP contribution in [0.25, 0.3) is 0 Å². The summed E-state index contributed by atoms with van der Waals surface area (Å²) < 4.78 is 0. The second kappa shape index (κ2) is 8.74. The van der Waals surface area contributed by atoms with E-state index in [4.69, 9.17) is 11.6 Å². The Morgan fingerprint density at radius 3 is 2.42 bits per heavy atom. The predicted octanol–water partition coefficient (Wildman–Crippen LogP) is 5.43. The summed E-state index contributed by atoms with van der Waals surface area (Å²) in [5.41, 5.74) is 3.00. The molecule has 1 aliphatic rings. The number of fused-ring (bicyclic) bond motifs is 1. The molecule has 31 heavy (non-hydrogen) atoms. The molecular formula is C26H26ClNO3. The number of aryl methyl sites for hydroxylation is 1. The second-order valence-electron chi connectivity index (χ2n) is 8.42. The van der Waals surface area contributed by atoms with E-state index in [9.17, 15) is 15.0 Å². The van der Waals surface area contributed by atoms with Crippen molar-refractivity contribution in [1.29, 1.82) is 0 Å². The number of carbonyl (C=O) groups is 1. The summed E-state index contributed by atoms with van der Waals surface area (Å²) in [7, 11) is 0. The van der Waals surface area contributed by atoms with Gasteiger partial charge in [0.15, 0.2) is 0 Å². The highest BCUT2D eigenvalue weighted by Crippen LogP contribution is 2.35. The van der Waals surface area contributed by atoms with Crippen molar-refractivity contribution in [3.8, 4) is 5.75 Å². The Balaban J connectivity index is 1.47. The van der Waals surface area contributed by atoms with Crippen LogP contribution >= 0.6 is 11.6 Å². The van der Waals surface area contributed by atoms with Gasteiger partial charge in [0.05, 0.1) is 5.60 Å². The van der Waals surface area contributed by atoms with Gasteiger partial charge in [-0.15, -0.1) is 0 Å². The monoisotopic (exact) mass is 435 g/mol. The van der Waals surface area contributed by atoms with Crippen LogP contribution in [0.5, 0.6) is 5.75 Å². The highest BCUT2D eigenvalue weighted by Gasteiger charge is 2.29. The zero-order valence-corrected chi connectivity index (χ0v) is 18.3. The van der Waals surface area contributed by atoms with Gasteiger partial charge >= 0.3 is 0 Å². The van der Waals surface area contributed by atoms with Gasteiger partial charge in [0.25, 0.3) is 5.91 Å². The Hall–Kier alpha value is -2.82. The first-order valence-corrected chi connectivity index (χ1v) is 10.9. The molecule has 0 bridgehead atoms. The van der Waals surface area contributed by atoms with Crippen LogP contribution < -0.4 is 0 Å². The smallest absolute Gasteiger partial charge is 0.254 e. The van der Waals surface area contributed by atoms with E-state index in [1.54, 1.807) is 24.0 Å². The third kappa shape index (κ3) is 4.76. The van der Waals surface area contributed by atoms with Gasteiger partial charge in [-0.25, -0.2) is 0 Å². The highest BCUT2D eigenvalue weighted by molar-refractivity contribution is 6.30. The van der Waals surface area contributed by atoms with Crippen LogP contribution in [0.4, 0.5) is 0 Å². The minimum atomic E-state index is -1.26. The standard InChI is InChI=1S/C26H26ClNO3/c1-26(31,13-5-7-18-6-4-10-22(27)14-18)23-15-19(11-12-24(23)29)25(30)28-16-20-8-2-3-9-21(20)17-28/h2-4,6,8-12,14-15,29,31H,5,7,13,16-17H2,1H3. The molecule has 3 aromatic carbocycles. The first kappa shape index (κ1) is 21.4. The number of hydrogen-bond donors (Lipinski definition) is 2. The van der Waals surface area contributed by atoms with Crippen molar-refractivity contribution < 1.29 is 15.0 Å². The van der Waals surface area contributed by atoms with Gasteiger partial charge in [-0.1, -0.05) is 48.0 Å². The Morgan fingerprint density at radius 2 is 1.74 bits per heavy atom. The number of hydrogen-bond acceptors (Lipinski definition) is 3. The molecule has 0 aliphatic carbocycles. The Morgan fingerprint density at radius 1 is 1.03 bits per heavy atom. The van der Waals surface area contributed by atoms with Gasteiger partial charge in [0.1, 0.15) is 5.75 Å². The van der Waals surface area contributed by atoms with Gasteiger partial charge < -0.3 is 15.1 Å². The fraction of sp³-hybridized carbons (Fsp3) is 0.269. The molecule has 3 aromatic rings. The van der Waals surface area contributed by atoms with E-state index >= 15 is 0 Å². The molecular weight excluding hydrogens is 410 g/mol. The molecule has 160 valence electrons. The molecule has 5 heteroatoms. The number of amides is 1. The van der Waals surface area contributed by atoms with E-state index < -0.39 is 5.60 Å². The quantitative estimate of drug-likeness (QED) is 0.542. The number of phenols is 1. The molecule has 0 saturated heterocycles. The number of rotatable bonds is 6. The first-order chi connectivity index (χ1) is 14.8. The lowest BCUT2D eigenvalue weighted by atomic mass is 9.88. The van der Waals surface area contributed by atoms with Crippen molar-refractivity contribution in [2.45, 2.75) is 44.9 Å². The maximum absolute atomic E-state index is 13.1. The van der Waals surface area contributed by atoms with Gasteiger partial charge in [0.2, 0.25) is 0 Å². The van der Waals surface area contributed by atoms with Crippen molar-refractivity contribution >= 4 is 17.5 Å². The lowest BCUT2D eigenvalue weighted by molar-refractivity contribution is 0.0432. The number of phenolic OH excluding ortho intramolecular Hbond substituents is 1. The third-order valence-electron chi connectivity index (χ3n) is 5.97. The van der Waals surface area contributed by atoms with Crippen LogP contribution in [0.2, 0.25) is 5.02 Å². The first-order valence-electron chi connectivity index (χ1n) is 10.5. The number of nitrogens with zero attached hydrogens (tertiary/aromatic N) is 1. The molecule has 1 unspecified atom stereocenters. The largest absolute Gasteiger partial charge is 0.508 e. The van der Waals surface area contributed by atoms with Crippen LogP contribution in [0.1, 0.15) is 52.4 Å². The lowest BCUT2D eigenvalue weighted by Crippen LogP contribution is -2.27. The molecule has 0 radical (unpaired) electrons. The maximum atomic E-state index is 13.1. The number of aromatic hydroxyl groups is 1. The van der Waals surface area contributed by atoms with Crippen LogP contribution in [0, 0.1) is 0 Å². The Kier molecular flexibility index (Phi) is 6.03. The van der Waals surface area contributed by atoms with Gasteiger partial charge in [-0.2, -0.15) is 0 Å². The van der Waals surface area contributed by atoms with Gasteiger partial charge in [-0.3, -0.25) is 4.79 Å². The second-order valence-corrected chi connectivity index (χ2v) is 8.86. The molecule has 4 nitrogen and oxygen atoms in total.